The Morgan fingerprint density at radius 1 is 1.14 bits per heavy atom. The summed E-state index contributed by atoms with van der Waals surface area (Å²) in [7, 11) is 0. The van der Waals surface area contributed by atoms with E-state index in [4.69, 9.17) is 9.72 Å². The van der Waals surface area contributed by atoms with Gasteiger partial charge in [-0.2, -0.15) is 0 Å². The molecule has 1 heterocycles. The number of hydrogen-bond acceptors (Lipinski definition) is 3. The zero-order valence-corrected chi connectivity index (χ0v) is 17.7. The summed E-state index contributed by atoms with van der Waals surface area (Å²) in [6.07, 6.45) is 1.31. The molecule has 0 spiro atoms. The standard InChI is InChI=1S/C24H32N2O2/c1-6-9-23-25-20-10-7-8-11-21(20)26(23)15-19(27)16-28-22-14-18(24(3,4)5)13-12-17(22)2/h7-8,10-14,19,27H,6,9,15-16H2,1-5H3. The highest BCUT2D eigenvalue weighted by atomic mass is 16.5. The lowest BCUT2D eigenvalue weighted by molar-refractivity contribution is 0.0923. The second-order valence-electron chi connectivity index (χ2n) is 8.57. The molecule has 0 saturated heterocycles. The first-order valence-corrected chi connectivity index (χ1v) is 10.2. The number of nitrogens with zero attached hydrogens (tertiary/aromatic N) is 2. The molecule has 3 aromatic rings. The summed E-state index contributed by atoms with van der Waals surface area (Å²) in [4.78, 5) is 4.74. The smallest absolute Gasteiger partial charge is 0.122 e. The van der Waals surface area contributed by atoms with E-state index in [0.717, 1.165) is 41.0 Å². The highest BCUT2D eigenvalue weighted by Gasteiger charge is 2.17. The van der Waals surface area contributed by atoms with Gasteiger partial charge in [-0.05, 0) is 48.1 Å². The summed E-state index contributed by atoms with van der Waals surface area (Å²) in [6.45, 7) is 11.5. The lowest BCUT2D eigenvalue weighted by atomic mass is 9.86. The van der Waals surface area contributed by atoms with Crippen LogP contribution in [-0.2, 0) is 18.4 Å². The van der Waals surface area contributed by atoms with E-state index in [1.807, 2.05) is 25.1 Å². The fourth-order valence-corrected chi connectivity index (χ4v) is 3.42. The molecule has 1 aromatic heterocycles. The van der Waals surface area contributed by atoms with Crippen LogP contribution in [0.5, 0.6) is 5.75 Å². The number of aliphatic hydroxyl groups excluding tert-OH is 1. The Balaban J connectivity index is 1.74. The van der Waals surface area contributed by atoms with Crippen LogP contribution in [-0.4, -0.2) is 27.4 Å². The summed E-state index contributed by atoms with van der Waals surface area (Å²) >= 11 is 0. The van der Waals surface area contributed by atoms with Crippen LogP contribution in [0.4, 0.5) is 0 Å². The van der Waals surface area contributed by atoms with Crippen molar-refractivity contribution in [3.8, 4) is 5.75 Å². The Bertz CT molecular complexity index is 937. The van der Waals surface area contributed by atoms with Crippen molar-refractivity contribution < 1.29 is 9.84 Å². The molecule has 0 aliphatic rings. The van der Waals surface area contributed by atoms with E-state index < -0.39 is 6.10 Å². The first-order valence-electron chi connectivity index (χ1n) is 10.2. The number of aromatic nitrogens is 2. The molecular formula is C24H32N2O2. The van der Waals surface area contributed by atoms with Crippen LogP contribution in [0.1, 0.15) is 51.1 Å². The van der Waals surface area contributed by atoms with Crippen LogP contribution in [0.25, 0.3) is 11.0 Å². The van der Waals surface area contributed by atoms with Crippen molar-refractivity contribution in [3.63, 3.8) is 0 Å². The van der Waals surface area contributed by atoms with E-state index in [1.165, 1.54) is 5.56 Å². The third-order valence-corrected chi connectivity index (χ3v) is 5.09. The molecular weight excluding hydrogens is 348 g/mol. The van der Waals surface area contributed by atoms with Gasteiger partial charge in [-0.25, -0.2) is 4.98 Å². The summed E-state index contributed by atoms with van der Waals surface area (Å²) < 4.78 is 8.14. The van der Waals surface area contributed by atoms with Crippen LogP contribution >= 0.6 is 0 Å². The van der Waals surface area contributed by atoms with Gasteiger partial charge >= 0.3 is 0 Å². The van der Waals surface area contributed by atoms with Gasteiger partial charge in [0.05, 0.1) is 17.6 Å². The molecule has 3 rings (SSSR count). The van der Waals surface area contributed by atoms with Gasteiger partial charge in [-0.1, -0.05) is 52.0 Å². The maximum atomic E-state index is 10.7. The van der Waals surface area contributed by atoms with Crippen molar-refractivity contribution in [1.82, 2.24) is 9.55 Å². The van der Waals surface area contributed by atoms with Crippen LogP contribution < -0.4 is 4.74 Å². The number of fused-ring (bicyclic) bond motifs is 1. The molecule has 4 heteroatoms. The van der Waals surface area contributed by atoms with Crippen molar-refractivity contribution >= 4 is 11.0 Å². The molecule has 0 aliphatic carbocycles. The van der Waals surface area contributed by atoms with E-state index in [9.17, 15) is 5.11 Å². The minimum absolute atomic E-state index is 0.0647. The average molecular weight is 381 g/mol. The molecule has 0 bridgehead atoms. The summed E-state index contributed by atoms with van der Waals surface area (Å²) in [6, 6.07) is 14.4. The van der Waals surface area contributed by atoms with Gasteiger partial charge in [0.15, 0.2) is 0 Å². The van der Waals surface area contributed by atoms with E-state index in [1.54, 1.807) is 0 Å². The lowest BCUT2D eigenvalue weighted by Gasteiger charge is -2.22. The molecule has 150 valence electrons. The van der Waals surface area contributed by atoms with Gasteiger partial charge in [0.2, 0.25) is 0 Å². The lowest BCUT2D eigenvalue weighted by Crippen LogP contribution is -2.25. The molecule has 1 atom stereocenters. The van der Waals surface area contributed by atoms with E-state index in [2.05, 4.69) is 56.5 Å². The normalized spacial score (nSPS) is 13.1. The maximum absolute atomic E-state index is 10.7. The maximum Gasteiger partial charge on any atom is 0.122 e. The number of para-hydroxylation sites is 2. The number of hydrogen-bond donors (Lipinski definition) is 1. The quantitative estimate of drug-likeness (QED) is 0.625. The Morgan fingerprint density at radius 2 is 1.89 bits per heavy atom. The monoisotopic (exact) mass is 380 g/mol. The van der Waals surface area contributed by atoms with Gasteiger partial charge in [0, 0.05) is 6.42 Å². The Labute approximate surface area is 168 Å². The molecule has 2 aromatic carbocycles. The number of aryl methyl sites for hydroxylation is 2. The predicted molar refractivity (Wildman–Crippen MR) is 115 cm³/mol. The van der Waals surface area contributed by atoms with E-state index >= 15 is 0 Å². The Hall–Kier alpha value is -2.33. The van der Waals surface area contributed by atoms with Gasteiger partial charge < -0.3 is 14.4 Å². The topological polar surface area (TPSA) is 47.3 Å². The van der Waals surface area contributed by atoms with Crippen LogP contribution in [0, 0.1) is 6.92 Å². The van der Waals surface area contributed by atoms with Gasteiger partial charge in [0.1, 0.15) is 24.3 Å². The molecule has 1 unspecified atom stereocenters. The predicted octanol–water partition coefficient (Wildman–Crippen LogP) is 5.03. The highest BCUT2D eigenvalue weighted by molar-refractivity contribution is 5.75. The summed E-state index contributed by atoms with van der Waals surface area (Å²) in [5.74, 6) is 1.87. The summed E-state index contributed by atoms with van der Waals surface area (Å²) in [5, 5.41) is 10.7. The first kappa shape index (κ1) is 20.4. The second-order valence-corrected chi connectivity index (χ2v) is 8.57. The number of benzene rings is 2. The first-order chi connectivity index (χ1) is 13.3. The molecule has 0 fully saturated rings. The number of rotatable bonds is 7. The molecule has 0 aliphatic heterocycles. The Morgan fingerprint density at radius 3 is 2.61 bits per heavy atom. The van der Waals surface area contributed by atoms with Crippen LogP contribution in [0.3, 0.4) is 0 Å². The van der Waals surface area contributed by atoms with Crippen LogP contribution in [0.15, 0.2) is 42.5 Å². The zero-order chi connectivity index (χ0) is 20.3. The van der Waals surface area contributed by atoms with Gasteiger partial charge in [-0.3, -0.25) is 0 Å². The van der Waals surface area contributed by atoms with Crippen molar-refractivity contribution in [2.45, 2.75) is 65.5 Å². The summed E-state index contributed by atoms with van der Waals surface area (Å²) in [5.41, 5.74) is 4.42. The zero-order valence-electron chi connectivity index (χ0n) is 17.7. The number of ether oxygens (including phenoxy) is 1. The van der Waals surface area contributed by atoms with Crippen molar-refractivity contribution in [1.29, 1.82) is 0 Å². The van der Waals surface area contributed by atoms with Crippen molar-refractivity contribution in [2.24, 2.45) is 0 Å². The minimum Gasteiger partial charge on any atom is -0.491 e. The average Bonchev–Trinajstić information content (AvgIpc) is 2.98. The van der Waals surface area contributed by atoms with Gasteiger partial charge in [0.25, 0.3) is 0 Å². The molecule has 4 nitrogen and oxygen atoms in total. The largest absolute Gasteiger partial charge is 0.491 e. The molecule has 0 saturated carbocycles. The van der Waals surface area contributed by atoms with E-state index in [0.29, 0.717) is 6.54 Å². The minimum atomic E-state index is -0.606. The molecule has 1 N–H and O–H groups in total. The van der Waals surface area contributed by atoms with Crippen LogP contribution in [0.2, 0.25) is 0 Å². The number of aliphatic hydroxyl groups is 1. The highest BCUT2D eigenvalue weighted by Crippen LogP contribution is 2.28. The van der Waals surface area contributed by atoms with Crippen molar-refractivity contribution in [2.75, 3.05) is 6.61 Å². The third-order valence-electron chi connectivity index (χ3n) is 5.09. The number of imidazole rings is 1. The van der Waals surface area contributed by atoms with E-state index in [-0.39, 0.29) is 12.0 Å². The second kappa shape index (κ2) is 8.36. The SMILES string of the molecule is CCCc1nc2ccccc2n1CC(O)COc1cc(C(C)(C)C)ccc1C. The fraction of sp³-hybridized carbons (Fsp3) is 0.458. The molecule has 0 radical (unpaired) electrons. The molecule has 28 heavy (non-hydrogen) atoms. The molecule has 0 amide bonds. The van der Waals surface area contributed by atoms with Gasteiger partial charge in [-0.15, -0.1) is 0 Å². The third kappa shape index (κ3) is 4.56. The Kier molecular flexibility index (Phi) is 6.09. The van der Waals surface area contributed by atoms with Crippen molar-refractivity contribution in [3.05, 3.63) is 59.4 Å². The fourth-order valence-electron chi connectivity index (χ4n) is 3.42.